The van der Waals surface area contributed by atoms with Crippen LogP contribution in [0.4, 0.5) is 0 Å². The van der Waals surface area contributed by atoms with Gasteiger partial charge in [-0.2, -0.15) is 10.2 Å². The molecule has 0 saturated carbocycles. The van der Waals surface area contributed by atoms with E-state index in [-0.39, 0.29) is 0 Å². The first-order valence-corrected chi connectivity index (χ1v) is 4.63. The van der Waals surface area contributed by atoms with Crippen molar-refractivity contribution in [3.05, 3.63) is 30.6 Å². The highest BCUT2D eigenvalue weighted by Gasteiger charge is 2.06. The predicted octanol–water partition coefficient (Wildman–Crippen LogP) is 0.652. The van der Waals surface area contributed by atoms with Crippen LogP contribution in [-0.4, -0.2) is 35.8 Å². The maximum absolute atomic E-state index is 3.93. The topological polar surface area (TPSA) is 96.0 Å². The molecule has 0 bridgehead atoms. The van der Waals surface area contributed by atoms with E-state index in [0.717, 1.165) is 11.4 Å². The van der Waals surface area contributed by atoms with Gasteiger partial charge in [0.25, 0.3) is 0 Å². The third-order valence-electron chi connectivity index (χ3n) is 2.13. The molecular formula is C9H7N7. The molecule has 0 amide bonds. The molecular weight excluding hydrogens is 206 g/mol. The van der Waals surface area contributed by atoms with Crippen molar-refractivity contribution >= 4 is 0 Å². The van der Waals surface area contributed by atoms with Gasteiger partial charge in [0.15, 0.2) is 0 Å². The van der Waals surface area contributed by atoms with Gasteiger partial charge in [-0.3, -0.25) is 10.2 Å². The van der Waals surface area contributed by atoms with Crippen LogP contribution in [0.15, 0.2) is 30.6 Å². The van der Waals surface area contributed by atoms with Crippen LogP contribution in [0.3, 0.4) is 0 Å². The Bertz CT molecular complexity index is 520. The van der Waals surface area contributed by atoms with Gasteiger partial charge in [0.05, 0.1) is 11.4 Å². The summed E-state index contributed by atoms with van der Waals surface area (Å²) < 4.78 is 0. The molecule has 0 aliphatic carbocycles. The Morgan fingerprint density at radius 2 is 1.38 bits per heavy atom. The van der Waals surface area contributed by atoms with E-state index in [1.807, 2.05) is 18.2 Å². The summed E-state index contributed by atoms with van der Waals surface area (Å²) in [5.74, 6) is 0. The molecule has 0 radical (unpaired) electrons. The average Bonchev–Trinajstić information content (AvgIpc) is 3.03. The summed E-state index contributed by atoms with van der Waals surface area (Å²) in [6.45, 7) is 0. The SMILES string of the molecule is c1cc(-c2cc(-c3ccn[nH]3)nnn2)[nH]n1. The van der Waals surface area contributed by atoms with E-state index in [9.17, 15) is 0 Å². The zero-order valence-electron chi connectivity index (χ0n) is 8.12. The third-order valence-corrected chi connectivity index (χ3v) is 2.13. The molecule has 16 heavy (non-hydrogen) atoms. The minimum Gasteiger partial charge on any atom is -0.276 e. The molecule has 0 spiro atoms. The van der Waals surface area contributed by atoms with Crippen LogP contribution >= 0.6 is 0 Å². The normalized spacial score (nSPS) is 10.5. The minimum atomic E-state index is 0.692. The zero-order valence-corrected chi connectivity index (χ0v) is 8.12. The van der Waals surface area contributed by atoms with Gasteiger partial charge in [-0.15, -0.1) is 10.2 Å². The van der Waals surface area contributed by atoms with Crippen LogP contribution in [0.2, 0.25) is 0 Å². The Labute approximate surface area is 89.9 Å². The van der Waals surface area contributed by atoms with Gasteiger partial charge in [0.1, 0.15) is 11.4 Å². The van der Waals surface area contributed by atoms with E-state index in [2.05, 4.69) is 35.8 Å². The number of H-pyrrole nitrogens is 2. The highest BCUT2D eigenvalue weighted by Crippen LogP contribution is 2.17. The van der Waals surface area contributed by atoms with E-state index < -0.39 is 0 Å². The molecule has 2 N–H and O–H groups in total. The van der Waals surface area contributed by atoms with E-state index in [1.54, 1.807) is 12.4 Å². The first kappa shape index (κ1) is 8.72. The van der Waals surface area contributed by atoms with Crippen LogP contribution in [0.25, 0.3) is 22.8 Å². The van der Waals surface area contributed by atoms with Crippen LogP contribution in [0.5, 0.6) is 0 Å². The molecule has 0 saturated heterocycles. The second-order valence-electron chi connectivity index (χ2n) is 3.14. The summed E-state index contributed by atoms with van der Waals surface area (Å²) in [5, 5.41) is 24.9. The Morgan fingerprint density at radius 1 is 0.812 bits per heavy atom. The van der Waals surface area contributed by atoms with Gasteiger partial charge in [-0.25, -0.2) is 0 Å². The summed E-state index contributed by atoms with van der Waals surface area (Å²) in [5.41, 5.74) is 2.99. The van der Waals surface area contributed by atoms with Crippen molar-refractivity contribution in [3.8, 4) is 22.8 Å². The highest BCUT2D eigenvalue weighted by atomic mass is 15.3. The fraction of sp³-hybridized carbons (Fsp3) is 0. The fourth-order valence-electron chi connectivity index (χ4n) is 1.37. The number of aromatic nitrogens is 7. The molecule has 0 aromatic carbocycles. The molecule has 0 aliphatic heterocycles. The molecule has 78 valence electrons. The first-order chi connectivity index (χ1) is 7.93. The highest BCUT2D eigenvalue weighted by molar-refractivity contribution is 5.61. The number of nitrogens with zero attached hydrogens (tertiary/aromatic N) is 5. The molecule has 7 heteroatoms. The summed E-state index contributed by atoms with van der Waals surface area (Å²) >= 11 is 0. The Hall–Kier alpha value is -2.57. The zero-order chi connectivity index (χ0) is 10.8. The van der Waals surface area contributed by atoms with Gasteiger partial charge >= 0.3 is 0 Å². The van der Waals surface area contributed by atoms with Crippen molar-refractivity contribution in [1.29, 1.82) is 0 Å². The van der Waals surface area contributed by atoms with E-state index >= 15 is 0 Å². The molecule has 0 fully saturated rings. The number of aromatic amines is 2. The summed E-state index contributed by atoms with van der Waals surface area (Å²) in [6, 6.07) is 5.45. The standard InChI is InChI=1S/C9H7N7/c1-3-10-12-6(1)8-5-9(15-16-14-8)7-2-4-11-13-7/h1-5H,(H,10,12)(H,11,13). The number of hydrogen-bond acceptors (Lipinski definition) is 5. The first-order valence-electron chi connectivity index (χ1n) is 4.63. The quantitative estimate of drug-likeness (QED) is 0.651. The van der Waals surface area contributed by atoms with Crippen molar-refractivity contribution < 1.29 is 0 Å². The Morgan fingerprint density at radius 3 is 1.81 bits per heavy atom. The van der Waals surface area contributed by atoms with Crippen LogP contribution in [-0.2, 0) is 0 Å². The lowest BCUT2D eigenvalue weighted by Crippen LogP contribution is -1.94. The van der Waals surface area contributed by atoms with Gasteiger partial charge in [0, 0.05) is 12.4 Å². The lowest BCUT2D eigenvalue weighted by atomic mass is 10.2. The fourth-order valence-corrected chi connectivity index (χ4v) is 1.37. The summed E-state index contributed by atoms with van der Waals surface area (Å²) in [6.07, 6.45) is 3.32. The van der Waals surface area contributed by atoms with Crippen LogP contribution in [0, 0.1) is 0 Å². The van der Waals surface area contributed by atoms with Crippen LogP contribution in [0.1, 0.15) is 0 Å². The lowest BCUT2D eigenvalue weighted by Gasteiger charge is -1.97. The van der Waals surface area contributed by atoms with Crippen molar-refractivity contribution in [2.45, 2.75) is 0 Å². The van der Waals surface area contributed by atoms with Crippen molar-refractivity contribution in [2.75, 3.05) is 0 Å². The average molecular weight is 213 g/mol. The summed E-state index contributed by atoms with van der Waals surface area (Å²) in [7, 11) is 0. The van der Waals surface area contributed by atoms with E-state index in [1.165, 1.54) is 0 Å². The Balaban J connectivity index is 2.07. The molecule has 7 nitrogen and oxygen atoms in total. The second kappa shape index (κ2) is 3.54. The smallest absolute Gasteiger partial charge is 0.115 e. The van der Waals surface area contributed by atoms with Crippen molar-refractivity contribution in [2.24, 2.45) is 0 Å². The summed E-state index contributed by atoms with van der Waals surface area (Å²) in [4.78, 5) is 0. The number of rotatable bonds is 2. The molecule has 3 heterocycles. The second-order valence-corrected chi connectivity index (χ2v) is 3.14. The molecule has 3 aromatic rings. The van der Waals surface area contributed by atoms with Gasteiger partial charge in [0.2, 0.25) is 0 Å². The van der Waals surface area contributed by atoms with Gasteiger partial charge in [-0.05, 0) is 23.4 Å². The monoisotopic (exact) mass is 213 g/mol. The molecule has 0 unspecified atom stereocenters. The third kappa shape index (κ3) is 1.44. The maximum atomic E-state index is 3.93. The minimum absolute atomic E-state index is 0.692. The van der Waals surface area contributed by atoms with Gasteiger partial charge < -0.3 is 0 Å². The number of hydrogen-bond donors (Lipinski definition) is 2. The number of nitrogens with one attached hydrogen (secondary N) is 2. The van der Waals surface area contributed by atoms with E-state index in [4.69, 9.17) is 0 Å². The molecule has 3 aromatic heterocycles. The molecule has 0 atom stereocenters. The molecule has 0 aliphatic rings. The van der Waals surface area contributed by atoms with Crippen LogP contribution < -0.4 is 0 Å². The van der Waals surface area contributed by atoms with E-state index in [0.29, 0.717) is 11.4 Å². The predicted molar refractivity (Wildman–Crippen MR) is 55.0 cm³/mol. The largest absolute Gasteiger partial charge is 0.276 e. The maximum Gasteiger partial charge on any atom is 0.115 e. The van der Waals surface area contributed by atoms with Gasteiger partial charge in [-0.1, -0.05) is 0 Å². The van der Waals surface area contributed by atoms with Crippen molar-refractivity contribution in [1.82, 2.24) is 35.8 Å². The van der Waals surface area contributed by atoms with Crippen molar-refractivity contribution in [3.63, 3.8) is 0 Å². The lowest BCUT2D eigenvalue weighted by molar-refractivity contribution is 0.868. The Kier molecular flexibility index (Phi) is 1.93. The molecule has 3 rings (SSSR count).